The molecule has 11 rings (SSSR count). The molecule has 4 heterocycles. The minimum absolute atomic E-state index is 0.605. The number of hydrogen-bond acceptors (Lipinski definition) is 6. The average molecular weight is 672 g/mol. The Morgan fingerprint density at radius 2 is 0.882 bits per heavy atom. The van der Waals surface area contributed by atoms with Crippen molar-refractivity contribution < 1.29 is 8.83 Å². The Labute approximate surface area is 295 Å². The van der Waals surface area contributed by atoms with Crippen LogP contribution in [-0.2, 0) is 0 Å². The summed E-state index contributed by atoms with van der Waals surface area (Å²) in [7, 11) is 0. The molecule has 0 spiro atoms. The van der Waals surface area contributed by atoms with Crippen molar-refractivity contribution in [3.05, 3.63) is 152 Å². The first-order valence-electron chi connectivity index (χ1n) is 16.8. The highest BCUT2D eigenvalue weighted by Gasteiger charge is 2.19. The number of nitrogens with zero attached hydrogens (tertiary/aromatic N) is 3. The van der Waals surface area contributed by atoms with Gasteiger partial charge in [0.1, 0.15) is 22.3 Å². The molecule has 0 unspecified atom stereocenters. The Morgan fingerprint density at radius 1 is 0.353 bits per heavy atom. The second kappa shape index (κ2) is 10.9. The van der Waals surface area contributed by atoms with Gasteiger partial charge in [-0.25, -0.2) is 15.0 Å². The molecule has 0 amide bonds. The van der Waals surface area contributed by atoms with E-state index in [4.69, 9.17) is 23.8 Å². The predicted molar refractivity (Wildman–Crippen MR) is 209 cm³/mol. The lowest BCUT2D eigenvalue weighted by Crippen LogP contribution is -2.00. The van der Waals surface area contributed by atoms with Crippen LogP contribution in [0.15, 0.2) is 160 Å². The van der Waals surface area contributed by atoms with Gasteiger partial charge in [0.05, 0.1) is 0 Å². The third-order valence-electron chi connectivity index (χ3n) is 9.75. The Kier molecular flexibility index (Phi) is 6.05. The zero-order valence-corrected chi connectivity index (χ0v) is 27.8. The summed E-state index contributed by atoms with van der Waals surface area (Å²) in [5.74, 6) is 1.87. The number of aromatic nitrogens is 3. The van der Waals surface area contributed by atoms with E-state index in [0.717, 1.165) is 71.7 Å². The number of benzene rings is 7. The van der Waals surface area contributed by atoms with E-state index in [1.54, 1.807) is 11.3 Å². The Morgan fingerprint density at radius 3 is 1.63 bits per heavy atom. The molecule has 238 valence electrons. The van der Waals surface area contributed by atoms with E-state index in [0.29, 0.717) is 17.5 Å². The van der Waals surface area contributed by atoms with E-state index in [9.17, 15) is 0 Å². The van der Waals surface area contributed by atoms with Crippen LogP contribution in [0.4, 0.5) is 0 Å². The van der Waals surface area contributed by atoms with Crippen LogP contribution in [-0.4, -0.2) is 15.0 Å². The SMILES string of the molecule is c1ccc(-c2nc(-c3ccc4oc5c(-c6cccc7c6oc6ccccc67)cccc5c4c3)nc(-c3ccc4sc5ccccc5c4c3)n2)cc1. The number of hydrogen-bond donors (Lipinski definition) is 0. The molecule has 7 aromatic carbocycles. The zero-order valence-electron chi connectivity index (χ0n) is 27.0. The van der Waals surface area contributed by atoms with Crippen molar-refractivity contribution in [3.63, 3.8) is 0 Å². The van der Waals surface area contributed by atoms with Crippen molar-refractivity contribution in [2.24, 2.45) is 0 Å². The van der Waals surface area contributed by atoms with Crippen molar-refractivity contribution in [2.45, 2.75) is 0 Å². The summed E-state index contributed by atoms with van der Waals surface area (Å²) in [5, 5.41) is 6.65. The Hall–Kier alpha value is -6.63. The topological polar surface area (TPSA) is 65.0 Å². The van der Waals surface area contributed by atoms with Crippen LogP contribution in [0.25, 0.3) is 109 Å². The summed E-state index contributed by atoms with van der Waals surface area (Å²) < 4.78 is 15.5. The first-order valence-corrected chi connectivity index (χ1v) is 17.7. The minimum atomic E-state index is 0.605. The minimum Gasteiger partial charge on any atom is -0.455 e. The van der Waals surface area contributed by atoms with Crippen LogP contribution in [0.5, 0.6) is 0 Å². The number of furan rings is 2. The molecule has 0 saturated heterocycles. The maximum absolute atomic E-state index is 6.61. The molecule has 51 heavy (non-hydrogen) atoms. The molecule has 0 bridgehead atoms. The molecule has 0 aliphatic carbocycles. The summed E-state index contributed by atoms with van der Waals surface area (Å²) in [6, 6.07) is 52.1. The van der Waals surface area contributed by atoms with E-state index in [1.165, 1.54) is 20.2 Å². The highest BCUT2D eigenvalue weighted by Crippen LogP contribution is 2.42. The standard InChI is InChI=1S/C45H25N3O2S/c1-2-10-26(11-3-1)43-46-44(48-45(47-43)28-21-23-40-36(25-28)30-13-5-7-19-39(30)51-40)27-20-22-38-35(24-27)34-17-9-16-33(42(34)50-38)32-15-8-14-31-29-12-4-6-18-37(29)49-41(31)32/h1-25H. The van der Waals surface area contributed by atoms with Gasteiger partial charge in [-0.15, -0.1) is 11.3 Å². The smallest absolute Gasteiger partial charge is 0.164 e. The van der Waals surface area contributed by atoms with E-state index >= 15 is 0 Å². The van der Waals surface area contributed by atoms with Gasteiger partial charge in [0.2, 0.25) is 0 Å². The number of thiophene rings is 1. The first kappa shape index (κ1) is 28.2. The second-order valence-corrected chi connectivity index (χ2v) is 13.8. The zero-order chi connectivity index (χ0) is 33.5. The summed E-state index contributed by atoms with van der Waals surface area (Å²) in [5.41, 5.74) is 8.09. The molecule has 0 N–H and O–H groups in total. The van der Waals surface area contributed by atoms with Crippen LogP contribution in [0.2, 0.25) is 0 Å². The van der Waals surface area contributed by atoms with Crippen LogP contribution in [0, 0.1) is 0 Å². The molecular formula is C45H25N3O2S. The van der Waals surface area contributed by atoms with E-state index in [2.05, 4.69) is 91.0 Å². The number of rotatable bonds is 4. The fraction of sp³-hybridized carbons (Fsp3) is 0. The fourth-order valence-corrected chi connectivity index (χ4v) is 8.41. The van der Waals surface area contributed by atoms with Gasteiger partial charge in [0.25, 0.3) is 0 Å². The third kappa shape index (κ3) is 4.43. The van der Waals surface area contributed by atoms with Gasteiger partial charge in [0, 0.05) is 69.5 Å². The van der Waals surface area contributed by atoms with Crippen molar-refractivity contribution in [1.82, 2.24) is 15.0 Å². The van der Waals surface area contributed by atoms with E-state index < -0.39 is 0 Å². The summed E-state index contributed by atoms with van der Waals surface area (Å²) in [6.45, 7) is 0. The lowest BCUT2D eigenvalue weighted by atomic mass is 9.99. The molecule has 0 aliphatic heterocycles. The third-order valence-corrected chi connectivity index (χ3v) is 10.9. The van der Waals surface area contributed by atoms with Gasteiger partial charge in [-0.05, 0) is 48.5 Å². The van der Waals surface area contributed by atoms with E-state index in [1.807, 2.05) is 60.7 Å². The average Bonchev–Trinajstić information content (AvgIpc) is 3.89. The van der Waals surface area contributed by atoms with Gasteiger partial charge in [-0.1, -0.05) is 103 Å². The molecule has 11 aromatic rings. The number of para-hydroxylation sites is 3. The van der Waals surface area contributed by atoms with Gasteiger partial charge in [0.15, 0.2) is 17.5 Å². The number of fused-ring (bicyclic) bond motifs is 9. The van der Waals surface area contributed by atoms with Gasteiger partial charge in [-0.2, -0.15) is 0 Å². The Bertz CT molecular complexity index is 3160. The molecular weight excluding hydrogens is 647 g/mol. The molecule has 0 aliphatic rings. The predicted octanol–water partition coefficient (Wildman–Crippen LogP) is 12.7. The van der Waals surface area contributed by atoms with Gasteiger partial charge >= 0.3 is 0 Å². The van der Waals surface area contributed by atoms with Crippen molar-refractivity contribution in [3.8, 4) is 45.3 Å². The molecule has 4 aromatic heterocycles. The second-order valence-electron chi connectivity index (χ2n) is 12.8. The fourth-order valence-electron chi connectivity index (χ4n) is 7.32. The van der Waals surface area contributed by atoms with Crippen LogP contribution >= 0.6 is 11.3 Å². The van der Waals surface area contributed by atoms with Crippen LogP contribution in [0.1, 0.15) is 0 Å². The normalized spacial score (nSPS) is 11.9. The largest absolute Gasteiger partial charge is 0.455 e. The summed E-state index contributed by atoms with van der Waals surface area (Å²) >= 11 is 1.80. The monoisotopic (exact) mass is 671 g/mol. The molecule has 0 fully saturated rings. The van der Waals surface area contributed by atoms with Crippen molar-refractivity contribution >= 4 is 75.4 Å². The highest BCUT2D eigenvalue weighted by atomic mass is 32.1. The van der Waals surface area contributed by atoms with Gasteiger partial charge < -0.3 is 8.83 Å². The highest BCUT2D eigenvalue weighted by molar-refractivity contribution is 7.25. The van der Waals surface area contributed by atoms with Crippen LogP contribution in [0.3, 0.4) is 0 Å². The maximum atomic E-state index is 6.61. The maximum Gasteiger partial charge on any atom is 0.164 e. The lowest BCUT2D eigenvalue weighted by molar-refractivity contribution is 0.665. The summed E-state index contributed by atoms with van der Waals surface area (Å²) in [4.78, 5) is 15.1. The Balaban J connectivity index is 1.09. The lowest BCUT2D eigenvalue weighted by Gasteiger charge is -2.09. The first-order chi connectivity index (χ1) is 25.2. The van der Waals surface area contributed by atoms with Crippen molar-refractivity contribution in [1.29, 1.82) is 0 Å². The quantitative estimate of drug-likeness (QED) is 0.186. The molecule has 0 atom stereocenters. The molecule has 0 saturated carbocycles. The summed E-state index contributed by atoms with van der Waals surface area (Å²) in [6.07, 6.45) is 0. The van der Waals surface area contributed by atoms with Crippen LogP contribution < -0.4 is 0 Å². The van der Waals surface area contributed by atoms with Crippen molar-refractivity contribution in [2.75, 3.05) is 0 Å². The molecule has 0 radical (unpaired) electrons. The molecule has 5 nitrogen and oxygen atoms in total. The molecule has 6 heteroatoms. The van der Waals surface area contributed by atoms with E-state index in [-0.39, 0.29) is 0 Å². The van der Waals surface area contributed by atoms with Gasteiger partial charge in [-0.3, -0.25) is 0 Å².